The number of nitrogens with zero attached hydrogens (tertiary/aromatic N) is 2. The molecule has 0 amide bonds. The first-order valence-corrected chi connectivity index (χ1v) is 6.03. The molecule has 20 heavy (non-hydrogen) atoms. The lowest BCUT2D eigenvalue weighted by Crippen LogP contribution is -1.90. The van der Waals surface area contributed by atoms with Crippen molar-refractivity contribution in [2.75, 3.05) is 7.11 Å². The van der Waals surface area contributed by atoms with E-state index >= 15 is 0 Å². The van der Waals surface area contributed by atoms with Gasteiger partial charge in [-0.15, -0.1) is 5.11 Å². The van der Waals surface area contributed by atoms with E-state index in [1.54, 1.807) is 7.11 Å². The van der Waals surface area contributed by atoms with Gasteiger partial charge in [-0.2, -0.15) is 5.11 Å². The lowest BCUT2D eigenvalue weighted by molar-refractivity contribution is -0.129. The van der Waals surface area contributed by atoms with Crippen LogP contribution in [0.25, 0.3) is 0 Å². The number of carbonyl (C=O) groups is 1. The monoisotopic (exact) mass is 270 g/mol. The molecule has 0 radical (unpaired) electrons. The Kier molecular flexibility index (Phi) is 4.83. The van der Waals surface area contributed by atoms with Gasteiger partial charge in [-0.05, 0) is 18.2 Å². The number of hydrogen-bond acceptors (Lipinski definition) is 5. The second kappa shape index (κ2) is 7.04. The van der Waals surface area contributed by atoms with Gasteiger partial charge in [-0.25, -0.2) is 0 Å². The molecule has 0 aliphatic carbocycles. The summed E-state index contributed by atoms with van der Waals surface area (Å²) >= 11 is 0. The van der Waals surface area contributed by atoms with Gasteiger partial charge in [-0.1, -0.05) is 30.3 Å². The van der Waals surface area contributed by atoms with Crippen LogP contribution in [0.2, 0.25) is 0 Å². The molecule has 0 saturated heterocycles. The SMILES string of the molecule is COc1ccccc1N=Nc1ccccc1COC=O. The summed E-state index contributed by atoms with van der Waals surface area (Å²) in [7, 11) is 1.58. The molecule has 0 aromatic heterocycles. The normalized spacial score (nSPS) is 10.4. The molecule has 0 spiro atoms. The zero-order valence-electron chi connectivity index (χ0n) is 11.0. The summed E-state index contributed by atoms with van der Waals surface area (Å²) in [6, 6.07) is 14.7. The Labute approximate surface area is 116 Å². The predicted octanol–water partition coefficient (Wildman–Crippen LogP) is 3.78. The molecule has 0 saturated carbocycles. The zero-order valence-corrected chi connectivity index (χ0v) is 11.0. The summed E-state index contributed by atoms with van der Waals surface area (Å²) in [5.41, 5.74) is 2.08. The van der Waals surface area contributed by atoms with Crippen molar-refractivity contribution in [3.63, 3.8) is 0 Å². The van der Waals surface area contributed by atoms with Gasteiger partial charge in [0.2, 0.25) is 0 Å². The Morgan fingerprint density at radius 2 is 1.65 bits per heavy atom. The summed E-state index contributed by atoms with van der Waals surface area (Å²) < 4.78 is 9.95. The molecule has 0 aliphatic rings. The van der Waals surface area contributed by atoms with Crippen molar-refractivity contribution in [2.24, 2.45) is 10.2 Å². The molecule has 2 rings (SSSR count). The van der Waals surface area contributed by atoms with Crippen molar-refractivity contribution < 1.29 is 14.3 Å². The van der Waals surface area contributed by atoms with Gasteiger partial charge in [0, 0.05) is 5.56 Å². The van der Waals surface area contributed by atoms with Gasteiger partial charge in [0.05, 0.1) is 12.8 Å². The fourth-order valence-electron chi connectivity index (χ4n) is 1.67. The minimum absolute atomic E-state index is 0.171. The standard InChI is InChI=1S/C15H14N2O3/c1-19-15-9-5-4-8-14(15)17-16-13-7-3-2-6-12(13)10-20-11-18/h2-9,11H,10H2,1H3. The number of hydrogen-bond donors (Lipinski definition) is 0. The van der Waals surface area contributed by atoms with E-state index < -0.39 is 0 Å². The van der Waals surface area contributed by atoms with E-state index in [-0.39, 0.29) is 6.61 Å². The molecule has 0 aliphatic heterocycles. The topological polar surface area (TPSA) is 60.3 Å². The molecule has 5 nitrogen and oxygen atoms in total. The summed E-state index contributed by atoms with van der Waals surface area (Å²) in [4.78, 5) is 10.3. The first kappa shape index (κ1) is 13.7. The number of azo groups is 1. The maximum Gasteiger partial charge on any atom is 0.293 e. The van der Waals surface area contributed by atoms with Gasteiger partial charge in [0.25, 0.3) is 6.47 Å². The second-order valence-corrected chi connectivity index (χ2v) is 3.91. The van der Waals surface area contributed by atoms with E-state index in [2.05, 4.69) is 10.2 Å². The third-order valence-electron chi connectivity index (χ3n) is 2.65. The van der Waals surface area contributed by atoms with Crippen LogP contribution in [0, 0.1) is 0 Å². The summed E-state index contributed by atoms with van der Waals surface area (Å²) in [6.07, 6.45) is 0. The molecule has 0 bridgehead atoms. The lowest BCUT2D eigenvalue weighted by atomic mass is 10.2. The largest absolute Gasteiger partial charge is 0.494 e. The third kappa shape index (κ3) is 3.41. The highest BCUT2D eigenvalue weighted by Gasteiger charge is 2.03. The smallest absolute Gasteiger partial charge is 0.293 e. The maximum atomic E-state index is 10.3. The summed E-state index contributed by atoms with van der Waals surface area (Å²) in [5, 5.41) is 8.36. The van der Waals surface area contributed by atoms with Crippen molar-refractivity contribution in [1.29, 1.82) is 0 Å². The predicted molar refractivity (Wildman–Crippen MR) is 74.5 cm³/mol. The number of benzene rings is 2. The summed E-state index contributed by atoms with van der Waals surface area (Å²) in [6.45, 7) is 0.582. The van der Waals surface area contributed by atoms with Crippen LogP contribution in [0.15, 0.2) is 58.8 Å². The quantitative estimate of drug-likeness (QED) is 0.592. The maximum absolute atomic E-state index is 10.3. The van der Waals surface area contributed by atoms with Gasteiger partial charge in [0.1, 0.15) is 18.0 Å². The van der Waals surface area contributed by atoms with E-state index in [0.717, 1.165) is 5.56 Å². The molecule has 0 unspecified atom stereocenters. The molecule has 102 valence electrons. The molecule has 2 aromatic carbocycles. The first-order valence-electron chi connectivity index (χ1n) is 6.03. The Morgan fingerprint density at radius 1 is 1.00 bits per heavy atom. The Morgan fingerprint density at radius 3 is 2.40 bits per heavy atom. The van der Waals surface area contributed by atoms with Crippen LogP contribution >= 0.6 is 0 Å². The third-order valence-corrected chi connectivity index (χ3v) is 2.65. The first-order chi connectivity index (χ1) is 9.85. The van der Waals surface area contributed by atoms with Crippen LogP contribution in [0.1, 0.15) is 5.56 Å². The van der Waals surface area contributed by atoms with Gasteiger partial charge >= 0.3 is 0 Å². The lowest BCUT2D eigenvalue weighted by Gasteiger charge is -2.04. The molecule has 0 fully saturated rings. The van der Waals surface area contributed by atoms with E-state index in [9.17, 15) is 4.79 Å². The zero-order chi connectivity index (χ0) is 14.2. The number of methoxy groups -OCH3 is 1. The number of carbonyl (C=O) groups excluding carboxylic acids is 1. The minimum atomic E-state index is 0.171. The van der Waals surface area contributed by atoms with Crippen molar-refractivity contribution in [3.05, 3.63) is 54.1 Å². The van der Waals surface area contributed by atoms with E-state index in [0.29, 0.717) is 23.6 Å². The van der Waals surface area contributed by atoms with Crippen molar-refractivity contribution in [1.82, 2.24) is 0 Å². The number of para-hydroxylation sites is 1. The molecule has 5 heteroatoms. The fraction of sp³-hybridized carbons (Fsp3) is 0.133. The van der Waals surface area contributed by atoms with Crippen molar-refractivity contribution >= 4 is 17.8 Å². The highest BCUT2D eigenvalue weighted by Crippen LogP contribution is 2.29. The molecule has 0 atom stereocenters. The minimum Gasteiger partial charge on any atom is -0.494 e. The molecule has 0 heterocycles. The highest BCUT2D eigenvalue weighted by molar-refractivity contribution is 5.52. The number of ether oxygens (including phenoxy) is 2. The summed E-state index contributed by atoms with van der Waals surface area (Å²) in [5.74, 6) is 0.651. The van der Waals surface area contributed by atoms with E-state index in [1.807, 2.05) is 48.5 Å². The molecule has 0 N–H and O–H groups in total. The fourth-order valence-corrected chi connectivity index (χ4v) is 1.67. The average Bonchev–Trinajstić information content (AvgIpc) is 2.52. The van der Waals surface area contributed by atoms with Crippen LogP contribution in [0.4, 0.5) is 11.4 Å². The average molecular weight is 270 g/mol. The van der Waals surface area contributed by atoms with Crippen molar-refractivity contribution in [3.8, 4) is 5.75 Å². The Bertz CT molecular complexity index is 612. The van der Waals surface area contributed by atoms with Crippen LogP contribution in [0.3, 0.4) is 0 Å². The van der Waals surface area contributed by atoms with Gasteiger partial charge in [-0.3, -0.25) is 4.79 Å². The Balaban J connectivity index is 2.24. The highest BCUT2D eigenvalue weighted by atomic mass is 16.5. The molecular weight excluding hydrogens is 256 g/mol. The van der Waals surface area contributed by atoms with Crippen LogP contribution in [-0.2, 0) is 16.1 Å². The van der Waals surface area contributed by atoms with Gasteiger partial charge < -0.3 is 9.47 Å². The van der Waals surface area contributed by atoms with E-state index in [4.69, 9.17) is 9.47 Å². The van der Waals surface area contributed by atoms with Gasteiger partial charge in [0.15, 0.2) is 0 Å². The van der Waals surface area contributed by atoms with Crippen LogP contribution < -0.4 is 4.74 Å². The number of rotatable bonds is 6. The Hall–Kier alpha value is -2.69. The van der Waals surface area contributed by atoms with Crippen LogP contribution in [-0.4, -0.2) is 13.6 Å². The van der Waals surface area contributed by atoms with Crippen LogP contribution in [0.5, 0.6) is 5.75 Å². The van der Waals surface area contributed by atoms with E-state index in [1.165, 1.54) is 0 Å². The van der Waals surface area contributed by atoms with Crippen molar-refractivity contribution in [2.45, 2.75) is 6.61 Å². The second-order valence-electron chi connectivity index (χ2n) is 3.91. The molecule has 2 aromatic rings. The molecular formula is C15H14N2O3.